The van der Waals surface area contributed by atoms with Gasteiger partial charge in [-0.25, -0.2) is 13.2 Å². The lowest BCUT2D eigenvalue weighted by Gasteiger charge is -2.39. The average molecular weight is 381 g/mol. The van der Waals surface area contributed by atoms with E-state index in [2.05, 4.69) is 21.2 Å². The predicted molar refractivity (Wildman–Crippen MR) is 74.3 cm³/mol. The van der Waals surface area contributed by atoms with Crippen LogP contribution in [0.25, 0.3) is 0 Å². The Morgan fingerprint density at radius 1 is 1.52 bits per heavy atom. The Labute approximate surface area is 129 Å². The molecule has 0 atom stereocenters. The highest BCUT2D eigenvalue weighted by molar-refractivity contribution is 9.10. The van der Waals surface area contributed by atoms with E-state index in [1.807, 2.05) is 0 Å². The summed E-state index contributed by atoms with van der Waals surface area (Å²) in [5, 5.41) is 11.4. The topological polar surface area (TPSA) is 117 Å². The molecule has 0 saturated carbocycles. The molecule has 1 aromatic rings. The Morgan fingerprint density at radius 2 is 2.14 bits per heavy atom. The first kappa shape index (κ1) is 16.0. The zero-order chi connectivity index (χ0) is 16.0. The van der Waals surface area contributed by atoms with E-state index < -0.39 is 33.2 Å². The summed E-state index contributed by atoms with van der Waals surface area (Å²) < 4.78 is 31.0. The minimum atomic E-state index is -4.08. The number of hydrogen-bond donors (Lipinski definition) is 2. The van der Waals surface area contributed by atoms with Crippen molar-refractivity contribution < 1.29 is 27.5 Å². The maximum Gasteiger partial charge on any atom is 0.371 e. The summed E-state index contributed by atoms with van der Waals surface area (Å²) in [4.78, 5) is 22.4. The monoisotopic (exact) mass is 380 g/mol. The molecule has 2 N–H and O–H groups in total. The second-order valence-corrected chi connectivity index (χ2v) is 7.50. The number of carboxylic acids is 1. The van der Waals surface area contributed by atoms with Crippen LogP contribution in [0.4, 0.5) is 0 Å². The quantitative estimate of drug-likeness (QED) is 0.794. The largest absolute Gasteiger partial charge is 0.475 e. The van der Waals surface area contributed by atoms with E-state index in [4.69, 9.17) is 9.52 Å². The molecule has 1 aliphatic heterocycles. The highest BCUT2D eigenvalue weighted by atomic mass is 79.9. The van der Waals surface area contributed by atoms with Crippen molar-refractivity contribution in [3.63, 3.8) is 0 Å². The van der Waals surface area contributed by atoms with E-state index in [1.165, 1.54) is 13.8 Å². The van der Waals surface area contributed by atoms with Gasteiger partial charge in [0.2, 0.25) is 21.7 Å². The van der Waals surface area contributed by atoms with Gasteiger partial charge in [0.05, 0.1) is 0 Å². The number of rotatable bonds is 3. The number of piperazine rings is 1. The van der Waals surface area contributed by atoms with Crippen LogP contribution < -0.4 is 5.32 Å². The van der Waals surface area contributed by atoms with Gasteiger partial charge in [0.1, 0.15) is 10.4 Å². The number of nitrogens with one attached hydrogen (secondary N) is 1. The van der Waals surface area contributed by atoms with Crippen LogP contribution in [-0.2, 0) is 14.8 Å². The fourth-order valence-electron chi connectivity index (χ4n) is 2.05. The molecule has 1 amide bonds. The number of nitrogens with zero attached hydrogens (tertiary/aromatic N) is 1. The molecule has 1 aliphatic rings. The molecule has 0 bridgehead atoms. The van der Waals surface area contributed by atoms with Crippen molar-refractivity contribution in [1.82, 2.24) is 9.62 Å². The Balaban J connectivity index is 2.51. The molecule has 116 valence electrons. The minimum absolute atomic E-state index is 0.0844. The van der Waals surface area contributed by atoms with Crippen LogP contribution in [0, 0.1) is 0 Å². The first-order chi connectivity index (χ1) is 9.58. The van der Waals surface area contributed by atoms with Crippen LogP contribution in [0.3, 0.4) is 0 Å². The first-order valence-electron chi connectivity index (χ1n) is 5.92. The second-order valence-electron chi connectivity index (χ2n) is 4.95. The maximum absolute atomic E-state index is 12.7. The van der Waals surface area contributed by atoms with Crippen molar-refractivity contribution in [3.05, 3.63) is 16.5 Å². The number of furan rings is 1. The van der Waals surface area contributed by atoms with Gasteiger partial charge in [0, 0.05) is 19.2 Å². The number of halogens is 1. The van der Waals surface area contributed by atoms with Gasteiger partial charge in [-0.05, 0) is 29.8 Å². The van der Waals surface area contributed by atoms with Gasteiger partial charge < -0.3 is 14.8 Å². The maximum atomic E-state index is 12.7. The fourth-order valence-corrected chi connectivity index (χ4v) is 4.71. The molecule has 0 unspecified atom stereocenters. The molecule has 2 rings (SSSR count). The molecule has 1 fully saturated rings. The van der Waals surface area contributed by atoms with Crippen molar-refractivity contribution in [2.75, 3.05) is 13.1 Å². The SMILES string of the molecule is CC1(C)C(=O)NCCN1S(=O)(=O)c1cc(C(=O)O)oc1Br. The lowest BCUT2D eigenvalue weighted by Crippen LogP contribution is -2.63. The fraction of sp³-hybridized carbons (Fsp3) is 0.455. The Morgan fingerprint density at radius 3 is 2.67 bits per heavy atom. The third-order valence-corrected chi connectivity index (χ3v) is 6.14. The summed E-state index contributed by atoms with van der Waals surface area (Å²) in [7, 11) is -4.08. The van der Waals surface area contributed by atoms with Gasteiger partial charge >= 0.3 is 5.97 Å². The molecule has 0 radical (unpaired) electrons. The Hall–Kier alpha value is -1.39. The normalized spacial score (nSPS) is 19.3. The van der Waals surface area contributed by atoms with Crippen LogP contribution in [0.2, 0.25) is 0 Å². The molecule has 0 aromatic carbocycles. The molecule has 1 saturated heterocycles. The number of carbonyl (C=O) groups is 2. The van der Waals surface area contributed by atoms with Crippen LogP contribution in [0.1, 0.15) is 24.4 Å². The van der Waals surface area contributed by atoms with Gasteiger partial charge in [0.15, 0.2) is 4.67 Å². The molecule has 1 aromatic heterocycles. The molecule has 2 heterocycles. The van der Waals surface area contributed by atoms with Crippen molar-refractivity contribution >= 4 is 37.8 Å². The summed E-state index contributed by atoms with van der Waals surface area (Å²) >= 11 is 2.90. The van der Waals surface area contributed by atoms with Crippen molar-refractivity contribution in [2.24, 2.45) is 0 Å². The summed E-state index contributed by atoms with van der Waals surface area (Å²) in [6.07, 6.45) is 0. The van der Waals surface area contributed by atoms with E-state index in [0.717, 1.165) is 10.4 Å². The van der Waals surface area contributed by atoms with Crippen LogP contribution in [-0.4, -0.2) is 48.3 Å². The summed E-state index contributed by atoms with van der Waals surface area (Å²) in [6.45, 7) is 3.22. The van der Waals surface area contributed by atoms with Gasteiger partial charge in [-0.2, -0.15) is 4.31 Å². The minimum Gasteiger partial charge on any atom is -0.475 e. The van der Waals surface area contributed by atoms with Crippen molar-refractivity contribution in [3.8, 4) is 0 Å². The van der Waals surface area contributed by atoms with Gasteiger partial charge in [-0.15, -0.1) is 0 Å². The van der Waals surface area contributed by atoms with E-state index >= 15 is 0 Å². The highest BCUT2D eigenvalue weighted by Crippen LogP contribution is 2.33. The van der Waals surface area contributed by atoms with Crippen LogP contribution in [0.5, 0.6) is 0 Å². The van der Waals surface area contributed by atoms with Gasteiger partial charge in [-0.1, -0.05) is 0 Å². The van der Waals surface area contributed by atoms with Crippen molar-refractivity contribution in [2.45, 2.75) is 24.3 Å². The van der Waals surface area contributed by atoms with Crippen LogP contribution in [0.15, 0.2) is 20.0 Å². The number of sulfonamides is 1. The third kappa shape index (κ3) is 2.58. The molecular weight excluding hydrogens is 368 g/mol. The summed E-state index contributed by atoms with van der Waals surface area (Å²) in [5.41, 5.74) is -1.28. The number of carboxylic acid groups (broad SMARTS) is 1. The highest BCUT2D eigenvalue weighted by Gasteiger charge is 2.46. The van der Waals surface area contributed by atoms with E-state index in [0.29, 0.717) is 0 Å². The smallest absolute Gasteiger partial charge is 0.371 e. The first-order valence-corrected chi connectivity index (χ1v) is 8.15. The molecule has 8 nitrogen and oxygen atoms in total. The Kier molecular flexibility index (Phi) is 3.89. The van der Waals surface area contributed by atoms with E-state index in [-0.39, 0.29) is 22.7 Å². The number of amides is 1. The van der Waals surface area contributed by atoms with Crippen LogP contribution >= 0.6 is 15.9 Å². The average Bonchev–Trinajstić information content (AvgIpc) is 2.75. The second kappa shape index (κ2) is 5.11. The lowest BCUT2D eigenvalue weighted by atomic mass is 10.0. The molecule has 0 aliphatic carbocycles. The molecule has 21 heavy (non-hydrogen) atoms. The van der Waals surface area contributed by atoms with Gasteiger partial charge in [0.25, 0.3) is 0 Å². The van der Waals surface area contributed by atoms with Crippen molar-refractivity contribution in [1.29, 1.82) is 0 Å². The zero-order valence-electron chi connectivity index (χ0n) is 11.2. The summed E-state index contributed by atoms with van der Waals surface area (Å²) in [5.74, 6) is -2.30. The third-order valence-electron chi connectivity index (χ3n) is 3.21. The molecular formula is C11H13BrN2O6S. The number of aromatic carboxylic acids is 1. The van der Waals surface area contributed by atoms with E-state index in [9.17, 15) is 18.0 Å². The Bertz CT molecular complexity index is 708. The standard InChI is InChI=1S/C11H13BrN2O6S/c1-11(2)10(17)13-3-4-14(11)21(18,19)7-5-6(9(15)16)20-8(7)12/h5H,3-4H2,1-2H3,(H,13,17)(H,15,16). The zero-order valence-corrected chi connectivity index (χ0v) is 13.6. The van der Waals surface area contributed by atoms with E-state index in [1.54, 1.807) is 0 Å². The summed E-state index contributed by atoms with van der Waals surface area (Å²) in [6, 6.07) is 0.921. The number of hydrogen-bond acceptors (Lipinski definition) is 5. The lowest BCUT2D eigenvalue weighted by molar-refractivity contribution is -0.131. The van der Waals surface area contributed by atoms with Gasteiger partial charge in [-0.3, -0.25) is 4.79 Å². The molecule has 0 spiro atoms. The number of carbonyl (C=O) groups excluding carboxylic acids is 1. The predicted octanol–water partition coefficient (Wildman–Crippen LogP) is 0.639. The molecule has 10 heteroatoms.